The van der Waals surface area contributed by atoms with E-state index in [0.717, 1.165) is 32.1 Å². The molecule has 3 atom stereocenters. The summed E-state index contributed by atoms with van der Waals surface area (Å²) >= 11 is 0. The minimum absolute atomic E-state index is 0.204. The highest BCUT2D eigenvalue weighted by Gasteiger charge is 2.39. The van der Waals surface area contributed by atoms with Gasteiger partial charge in [0.1, 0.15) is 11.8 Å². The van der Waals surface area contributed by atoms with Gasteiger partial charge in [0.25, 0.3) is 0 Å². The predicted molar refractivity (Wildman–Crippen MR) is 138 cm³/mol. The molecule has 204 valence electrons. The molecule has 0 amide bonds. The van der Waals surface area contributed by atoms with Gasteiger partial charge in [0.2, 0.25) is 0 Å². The van der Waals surface area contributed by atoms with Gasteiger partial charge in [-0.15, -0.1) is 0 Å². The Labute approximate surface area is 213 Å². The molecule has 2 N–H and O–H groups in total. The molecule has 0 fully saturated rings. The Hall–Kier alpha value is -1.89. The van der Waals surface area contributed by atoms with E-state index in [1.165, 1.54) is 25.7 Å². The maximum Gasteiger partial charge on any atom is 0.312 e. The van der Waals surface area contributed by atoms with Gasteiger partial charge in [0.15, 0.2) is 0 Å². The van der Waals surface area contributed by atoms with E-state index in [1.807, 2.05) is 13.8 Å². The van der Waals surface area contributed by atoms with Crippen LogP contribution in [0.25, 0.3) is 0 Å². The van der Waals surface area contributed by atoms with Crippen LogP contribution >= 0.6 is 0 Å². The van der Waals surface area contributed by atoms with E-state index in [9.17, 15) is 29.7 Å². The Bertz CT molecular complexity index is 573. The third-order valence-corrected chi connectivity index (χ3v) is 7.23. The minimum Gasteiger partial charge on any atom is -0.550 e. The van der Waals surface area contributed by atoms with Crippen LogP contribution in [-0.4, -0.2) is 58.8 Å². The fourth-order valence-corrected chi connectivity index (χ4v) is 4.84. The fourth-order valence-electron chi connectivity index (χ4n) is 4.84. The van der Waals surface area contributed by atoms with Crippen LogP contribution in [0.5, 0.6) is 0 Å². The van der Waals surface area contributed by atoms with E-state index >= 15 is 0 Å². The summed E-state index contributed by atoms with van der Waals surface area (Å²) in [6.07, 6.45) is 15.6. The van der Waals surface area contributed by atoms with E-state index in [2.05, 4.69) is 19.1 Å². The molecule has 0 rings (SSSR count). The maximum atomic E-state index is 11.9. The number of hydrogen-bond acceptors (Lipinski definition) is 4. The second kappa shape index (κ2) is 19.3. The Morgan fingerprint density at radius 1 is 0.686 bits per heavy atom. The van der Waals surface area contributed by atoms with Gasteiger partial charge in [-0.05, 0) is 57.8 Å². The normalized spacial score (nSPS) is 16.0. The number of carbonyl (C=O) groups is 3. The van der Waals surface area contributed by atoms with E-state index in [4.69, 9.17) is 0 Å². The van der Waals surface area contributed by atoms with Crippen LogP contribution in [-0.2, 0) is 14.4 Å². The zero-order chi connectivity index (χ0) is 26.7. The lowest BCUT2D eigenvalue weighted by molar-refractivity contribution is -0.935. The first-order valence-corrected chi connectivity index (χ1v) is 13.8. The first-order valence-electron chi connectivity index (χ1n) is 13.8. The van der Waals surface area contributed by atoms with E-state index < -0.39 is 35.7 Å². The minimum atomic E-state index is -1.15. The number of carboxylic acid groups (broad SMARTS) is 3. The summed E-state index contributed by atoms with van der Waals surface area (Å²) < 4.78 is 0.204. The lowest BCUT2D eigenvalue weighted by Crippen LogP contribution is -2.59. The van der Waals surface area contributed by atoms with Crippen molar-refractivity contribution in [3.63, 3.8) is 0 Å². The van der Waals surface area contributed by atoms with Crippen LogP contribution in [0.3, 0.4) is 0 Å². The van der Waals surface area contributed by atoms with Crippen molar-refractivity contribution >= 4 is 17.9 Å². The number of allylic oxidation sites excluding steroid dienone is 2. The molecule has 0 aromatic carbocycles. The van der Waals surface area contributed by atoms with Crippen molar-refractivity contribution < 1.29 is 34.2 Å². The molecule has 0 aromatic heterocycles. The van der Waals surface area contributed by atoms with Crippen molar-refractivity contribution in [1.82, 2.24) is 0 Å². The molecule has 7 nitrogen and oxygen atoms in total. The van der Waals surface area contributed by atoms with Gasteiger partial charge < -0.3 is 24.6 Å². The van der Waals surface area contributed by atoms with E-state index in [0.29, 0.717) is 25.8 Å². The fraction of sp³-hybridized carbons (Fsp3) is 0.821. The number of nitrogens with zero attached hydrogens (tertiary/aromatic N) is 1. The lowest BCUT2D eigenvalue weighted by Gasteiger charge is -2.44. The summed E-state index contributed by atoms with van der Waals surface area (Å²) in [6, 6.07) is 0. The molecule has 0 aliphatic heterocycles. The van der Waals surface area contributed by atoms with Gasteiger partial charge in [-0.1, -0.05) is 59.1 Å². The largest absolute Gasteiger partial charge is 0.550 e. The van der Waals surface area contributed by atoms with Crippen molar-refractivity contribution in [3.05, 3.63) is 12.2 Å². The van der Waals surface area contributed by atoms with Gasteiger partial charge in [-0.3, -0.25) is 9.59 Å². The quantitative estimate of drug-likeness (QED) is 0.118. The molecule has 0 radical (unpaired) electrons. The molecule has 0 saturated heterocycles. The molecule has 7 heteroatoms. The number of unbranched alkanes of at least 4 members (excludes halogenated alkanes) is 7. The first-order chi connectivity index (χ1) is 16.7. The molecule has 0 aliphatic carbocycles. The highest BCUT2D eigenvalue weighted by Crippen LogP contribution is 2.25. The molecular weight excluding hydrogens is 446 g/mol. The third kappa shape index (κ3) is 14.3. The van der Waals surface area contributed by atoms with Gasteiger partial charge in [-0.25, -0.2) is 0 Å². The number of carbonyl (C=O) groups excluding carboxylic acids is 1. The monoisotopic (exact) mass is 497 g/mol. The number of hydrogen-bond donors (Lipinski definition) is 2. The average Bonchev–Trinajstić information content (AvgIpc) is 2.82. The van der Waals surface area contributed by atoms with Crippen LogP contribution in [0.15, 0.2) is 12.2 Å². The Balaban J connectivity index is 5.40. The van der Waals surface area contributed by atoms with Crippen molar-refractivity contribution in [1.29, 1.82) is 0 Å². The summed E-state index contributed by atoms with van der Waals surface area (Å²) in [5, 5.41) is 31.3. The number of carboxylic acids is 3. The standard InChI is InChI=1S/C28H51NO6/c1-5-9-10-11-12-13-14-15-16-17-18-19-29(20-23(6-2)26(30)31,21-24(7-3)27(32)33)22-25(8-4)28(34)35/h13-14,23-25H,5-12,15-22H2,1-4H3,(H2-,30,31,32,33,34,35)/b14-13+. The van der Waals surface area contributed by atoms with Gasteiger partial charge in [0, 0.05) is 5.92 Å². The molecule has 0 heterocycles. The Morgan fingerprint density at radius 2 is 1.11 bits per heavy atom. The SMILES string of the molecule is CCCCCC/C=C/CCCCC[N+](CC(CC)C(=O)[O-])(CC(CC)C(=O)O)CC(CC)C(=O)O. The third-order valence-electron chi connectivity index (χ3n) is 7.23. The number of rotatable bonds is 23. The van der Waals surface area contributed by atoms with Crippen LogP contribution in [0, 0.1) is 17.8 Å². The number of quaternary nitrogens is 1. The summed E-state index contributed by atoms with van der Waals surface area (Å²) in [5.74, 6) is -4.99. The van der Waals surface area contributed by atoms with Crippen LogP contribution < -0.4 is 5.11 Å². The molecule has 35 heavy (non-hydrogen) atoms. The van der Waals surface area contributed by atoms with Crippen molar-refractivity contribution in [2.45, 2.75) is 105 Å². The lowest BCUT2D eigenvalue weighted by atomic mass is 9.95. The van der Waals surface area contributed by atoms with Crippen molar-refractivity contribution in [3.8, 4) is 0 Å². The van der Waals surface area contributed by atoms with Gasteiger partial charge in [-0.2, -0.15) is 0 Å². The smallest absolute Gasteiger partial charge is 0.312 e. The van der Waals surface area contributed by atoms with Crippen LogP contribution in [0.2, 0.25) is 0 Å². The first kappa shape index (κ1) is 33.1. The van der Waals surface area contributed by atoms with E-state index in [1.54, 1.807) is 6.92 Å². The molecule has 3 unspecified atom stereocenters. The highest BCUT2D eigenvalue weighted by molar-refractivity contribution is 5.70. The average molecular weight is 498 g/mol. The molecule has 0 bridgehead atoms. The predicted octanol–water partition coefficient (Wildman–Crippen LogP) is 4.89. The second-order valence-electron chi connectivity index (χ2n) is 10.1. The maximum absolute atomic E-state index is 11.9. The molecular formula is C28H51NO6. The van der Waals surface area contributed by atoms with Crippen molar-refractivity contribution in [2.75, 3.05) is 26.2 Å². The molecule has 0 spiro atoms. The van der Waals surface area contributed by atoms with Gasteiger partial charge >= 0.3 is 11.9 Å². The Morgan fingerprint density at radius 3 is 1.49 bits per heavy atom. The molecule has 0 aromatic rings. The summed E-state index contributed by atoms with van der Waals surface area (Å²) in [4.78, 5) is 35.6. The highest BCUT2D eigenvalue weighted by atomic mass is 16.4. The summed E-state index contributed by atoms with van der Waals surface area (Å²) in [6.45, 7) is 8.90. The summed E-state index contributed by atoms with van der Waals surface area (Å²) in [7, 11) is 0. The molecule has 0 aliphatic rings. The van der Waals surface area contributed by atoms with E-state index in [-0.39, 0.29) is 24.1 Å². The number of aliphatic carboxylic acids is 3. The van der Waals surface area contributed by atoms with Crippen LogP contribution in [0.1, 0.15) is 105 Å². The Kier molecular flexibility index (Phi) is 18.3. The zero-order valence-electron chi connectivity index (χ0n) is 22.7. The second-order valence-corrected chi connectivity index (χ2v) is 10.1. The summed E-state index contributed by atoms with van der Waals surface area (Å²) in [5.41, 5.74) is 0. The zero-order valence-corrected chi connectivity index (χ0v) is 22.7. The van der Waals surface area contributed by atoms with Crippen molar-refractivity contribution in [2.24, 2.45) is 17.8 Å². The van der Waals surface area contributed by atoms with Crippen LogP contribution in [0.4, 0.5) is 0 Å². The molecule has 0 saturated carbocycles. The topological polar surface area (TPSA) is 115 Å². The van der Waals surface area contributed by atoms with Gasteiger partial charge in [0.05, 0.1) is 32.1 Å².